The molecule has 0 saturated heterocycles. The number of sulfone groups is 2. The lowest BCUT2D eigenvalue weighted by atomic mass is 9.94. The second-order valence-corrected chi connectivity index (χ2v) is 12.7. The minimum Gasteiger partial charge on any atom is -0.349 e. The fourth-order valence-electron chi connectivity index (χ4n) is 3.86. The third-order valence-corrected chi connectivity index (χ3v) is 9.24. The van der Waals surface area contributed by atoms with E-state index >= 15 is 0 Å². The maximum absolute atomic E-state index is 13.5. The summed E-state index contributed by atoms with van der Waals surface area (Å²) in [6.07, 6.45) is -3.61. The Morgan fingerprint density at radius 2 is 1.62 bits per heavy atom. The number of hydrogen-bond acceptors (Lipinski definition) is 5. The summed E-state index contributed by atoms with van der Waals surface area (Å²) < 4.78 is 102. The average Bonchev–Trinajstić information content (AvgIpc) is 2.72. The molecule has 0 radical (unpaired) electrons. The van der Waals surface area contributed by atoms with E-state index in [9.17, 15) is 39.2 Å². The molecule has 1 fully saturated rings. The van der Waals surface area contributed by atoms with Gasteiger partial charge >= 0.3 is 6.18 Å². The highest BCUT2D eigenvalue weighted by Gasteiger charge is 2.38. The second kappa shape index (κ2) is 9.46. The highest BCUT2D eigenvalue weighted by atomic mass is 35.5. The van der Waals surface area contributed by atoms with Crippen LogP contribution in [0.1, 0.15) is 41.6 Å². The minimum absolute atomic E-state index is 0.0472. The zero-order valence-corrected chi connectivity index (χ0v) is 20.1. The maximum Gasteiger partial charge on any atom is 0.419 e. The lowest BCUT2D eigenvalue weighted by Crippen LogP contribution is -2.40. The number of carbonyl (C=O) groups is 1. The molecule has 1 saturated carbocycles. The molecular formula is C21H20ClF4NO5S2. The number of alkyl halides is 3. The summed E-state index contributed by atoms with van der Waals surface area (Å²) in [4.78, 5) is 11.8. The normalized spacial score (nSPS) is 19.6. The number of amides is 1. The van der Waals surface area contributed by atoms with Crippen LogP contribution in [-0.4, -0.2) is 40.3 Å². The molecule has 0 unspecified atom stereocenters. The lowest BCUT2D eigenvalue weighted by molar-refractivity contribution is -0.140. The van der Waals surface area contributed by atoms with Crippen LogP contribution >= 0.6 is 11.6 Å². The molecule has 1 N–H and O–H groups in total. The molecular weight excluding hydrogens is 522 g/mol. The molecule has 1 amide bonds. The monoisotopic (exact) mass is 541 g/mol. The van der Waals surface area contributed by atoms with E-state index in [0.717, 1.165) is 18.4 Å². The molecule has 1 aliphatic rings. The van der Waals surface area contributed by atoms with Crippen LogP contribution in [0.5, 0.6) is 0 Å². The van der Waals surface area contributed by atoms with Crippen molar-refractivity contribution in [2.45, 2.75) is 52.9 Å². The standard InChI is InChI=1S/C21H20ClF4NO5S2/c1-33(29,30)19-10-12(22)2-8-16(19)20(28)27-13-3-5-14(6-4-13)34(31,32)15-7-9-18(23)17(11-15)21(24,25)26/h2,7-11,13-14H,3-6H2,1H3,(H,27,28). The van der Waals surface area contributed by atoms with E-state index in [1.165, 1.54) is 12.1 Å². The van der Waals surface area contributed by atoms with Crippen LogP contribution in [0.2, 0.25) is 5.02 Å². The lowest BCUT2D eigenvalue weighted by Gasteiger charge is -2.29. The summed E-state index contributed by atoms with van der Waals surface area (Å²) in [5.41, 5.74) is -1.76. The molecule has 0 atom stereocenters. The number of rotatable bonds is 5. The van der Waals surface area contributed by atoms with E-state index in [2.05, 4.69) is 5.32 Å². The van der Waals surface area contributed by atoms with Crippen LogP contribution in [0, 0.1) is 5.82 Å². The van der Waals surface area contributed by atoms with Gasteiger partial charge in [0.05, 0.1) is 26.2 Å². The van der Waals surface area contributed by atoms with Gasteiger partial charge in [-0.2, -0.15) is 13.2 Å². The van der Waals surface area contributed by atoms with Crippen LogP contribution in [0.15, 0.2) is 46.2 Å². The van der Waals surface area contributed by atoms with Crippen molar-refractivity contribution in [1.29, 1.82) is 0 Å². The van der Waals surface area contributed by atoms with Crippen molar-refractivity contribution in [2.24, 2.45) is 0 Å². The Labute approximate surface area is 199 Å². The topological polar surface area (TPSA) is 97.4 Å². The highest BCUT2D eigenvalue weighted by molar-refractivity contribution is 7.92. The number of benzene rings is 2. The van der Waals surface area contributed by atoms with Gasteiger partial charge in [-0.25, -0.2) is 21.2 Å². The highest BCUT2D eigenvalue weighted by Crippen LogP contribution is 2.35. The van der Waals surface area contributed by atoms with Gasteiger partial charge in [-0.05, 0) is 62.1 Å². The Kier molecular flexibility index (Phi) is 7.35. The Morgan fingerprint density at radius 1 is 1.00 bits per heavy atom. The third-order valence-electron chi connectivity index (χ3n) is 5.61. The number of carbonyl (C=O) groups excluding carboxylic acids is 1. The Morgan fingerprint density at radius 3 is 2.18 bits per heavy atom. The summed E-state index contributed by atoms with van der Waals surface area (Å²) in [5.74, 6) is -2.23. The Balaban J connectivity index is 1.72. The van der Waals surface area contributed by atoms with Crippen LogP contribution in [0.4, 0.5) is 17.6 Å². The fourth-order valence-corrected chi connectivity index (χ4v) is 6.82. The Bertz CT molecular complexity index is 1320. The van der Waals surface area contributed by atoms with E-state index in [1.54, 1.807) is 0 Å². The van der Waals surface area contributed by atoms with Gasteiger partial charge in [0.1, 0.15) is 5.82 Å². The molecule has 0 aliphatic heterocycles. The van der Waals surface area contributed by atoms with Crippen molar-refractivity contribution < 1.29 is 39.2 Å². The van der Waals surface area contributed by atoms with Crippen molar-refractivity contribution >= 4 is 37.2 Å². The average molecular weight is 542 g/mol. The van der Waals surface area contributed by atoms with Crippen molar-refractivity contribution in [1.82, 2.24) is 5.32 Å². The van der Waals surface area contributed by atoms with E-state index in [-0.39, 0.29) is 41.2 Å². The molecule has 0 bridgehead atoms. The molecule has 6 nitrogen and oxygen atoms in total. The zero-order valence-electron chi connectivity index (χ0n) is 17.7. The molecule has 186 valence electrons. The van der Waals surface area contributed by atoms with Gasteiger partial charge < -0.3 is 5.32 Å². The van der Waals surface area contributed by atoms with Crippen LogP contribution in [-0.2, 0) is 25.9 Å². The van der Waals surface area contributed by atoms with Gasteiger partial charge in [0.25, 0.3) is 5.91 Å². The predicted octanol–water partition coefficient (Wildman–Crippen LogP) is 4.42. The fraction of sp³-hybridized carbons (Fsp3) is 0.381. The van der Waals surface area contributed by atoms with E-state index < -0.39 is 59.3 Å². The first-order valence-corrected chi connectivity index (χ1v) is 13.8. The molecule has 1 aliphatic carbocycles. The third kappa shape index (κ3) is 5.72. The van der Waals surface area contributed by atoms with Crippen LogP contribution in [0.3, 0.4) is 0 Å². The maximum atomic E-state index is 13.5. The van der Waals surface area contributed by atoms with Crippen molar-refractivity contribution in [2.75, 3.05) is 6.26 Å². The SMILES string of the molecule is CS(=O)(=O)c1cc(Cl)ccc1C(=O)NC1CCC(S(=O)(=O)c2ccc(F)c(C(F)(F)F)c2)CC1. The second-order valence-electron chi connectivity index (χ2n) is 8.04. The largest absolute Gasteiger partial charge is 0.419 e. The van der Waals surface area contributed by atoms with Crippen LogP contribution in [0.25, 0.3) is 0 Å². The van der Waals surface area contributed by atoms with Gasteiger partial charge in [-0.1, -0.05) is 11.6 Å². The smallest absolute Gasteiger partial charge is 0.349 e. The number of halogens is 5. The summed E-state index contributed by atoms with van der Waals surface area (Å²) >= 11 is 5.84. The summed E-state index contributed by atoms with van der Waals surface area (Å²) in [5, 5.41) is 1.81. The first-order chi connectivity index (χ1) is 15.6. The first-order valence-electron chi connectivity index (χ1n) is 10.0. The molecule has 0 spiro atoms. The molecule has 3 rings (SSSR count). The van der Waals surface area contributed by atoms with Gasteiger partial charge in [0.2, 0.25) is 0 Å². The summed E-state index contributed by atoms with van der Waals surface area (Å²) in [7, 11) is -7.92. The quantitative estimate of drug-likeness (QED) is 0.446. The minimum atomic E-state index is -5.04. The number of hydrogen-bond donors (Lipinski definition) is 1. The van der Waals surface area contributed by atoms with Gasteiger partial charge in [0.15, 0.2) is 19.7 Å². The summed E-state index contributed by atoms with van der Waals surface area (Å²) in [6, 6.07) is 4.91. The predicted molar refractivity (Wildman–Crippen MR) is 117 cm³/mol. The van der Waals surface area contributed by atoms with Crippen molar-refractivity contribution in [3.63, 3.8) is 0 Å². The van der Waals surface area contributed by atoms with Gasteiger partial charge in [-0.3, -0.25) is 4.79 Å². The van der Waals surface area contributed by atoms with Crippen molar-refractivity contribution in [3.05, 3.63) is 58.4 Å². The molecule has 34 heavy (non-hydrogen) atoms. The molecule has 2 aromatic carbocycles. The molecule has 13 heteroatoms. The first kappa shape index (κ1) is 26.4. The molecule has 0 heterocycles. The van der Waals surface area contributed by atoms with E-state index in [1.807, 2.05) is 0 Å². The van der Waals surface area contributed by atoms with E-state index in [4.69, 9.17) is 11.6 Å². The van der Waals surface area contributed by atoms with Crippen molar-refractivity contribution in [3.8, 4) is 0 Å². The van der Waals surface area contributed by atoms with Crippen LogP contribution < -0.4 is 5.32 Å². The molecule has 2 aromatic rings. The molecule has 0 aromatic heterocycles. The Hall–Kier alpha value is -2.18. The number of nitrogens with one attached hydrogen (secondary N) is 1. The van der Waals surface area contributed by atoms with Gasteiger partial charge in [0, 0.05) is 17.3 Å². The van der Waals surface area contributed by atoms with Gasteiger partial charge in [-0.15, -0.1) is 0 Å². The zero-order chi connectivity index (χ0) is 25.5. The van der Waals surface area contributed by atoms with E-state index in [0.29, 0.717) is 12.1 Å². The summed E-state index contributed by atoms with van der Waals surface area (Å²) in [6.45, 7) is 0.